The maximum Gasteiger partial charge on any atom is 0.155 e. The molecule has 0 aliphatic carbocycles. The zero-order valence-electron chi connectivity index (χ0n) is 12.0. The highest BCUT2D eigenvalue weighted by Gasteiger charge is 2.21. The van der Waals surface area contributed by atoms with E-state index in [0.29, 0.717) is 12.7 Å². The number of piperidine rings is 1. The summed E-state index contributed by atoms with van der Waals surface area (Å²) in [6.07, 6.45) is 2.48. The summed E-state index contributed by atoms with van der Waals surface area (Å²) in [4.78, 5) is 2.50. The van der Waals surface area contributed by atoms with Crippen molar-refractivity contribution in [2.45, 2.75) is 45.6 Å². The Kier molecular flexibility index (Phi) is 5.83. The molecule has 1 unspecified atom stereocenters. The Labute approximate surface area is 116 Å². The van der Waals surface area contributed by atoms with Crippen LogP contribution in [0.2, 0.25) is 0 Å². The minimum absolute atomic E-state index is 0.0735. The first-order valence-electron chi connectivity index (χ1n) is 7.31. The fraction of sp³-hybridized carbons (Fsp3) is 0.625. The standard InChI is InChI=1S/C16H25NO2/c1-3-18-14(2)19-16-9-11-17(12-10-16)13-15-7-5-4-6-8-15/h4-8,14,16H,3,9-13H2,1-2H3. The van der Waals surface area contributed by atoms with Crippen molar-refractivity contribution in [1.29, 1.82) is 0 Å². The number of nitrogens with zero attached hydrogens (tertiary/aromatic N) is 1. The second-order valence-corrected chi connectivity index (χ2v) is 5.12. The molecule has 1 atom stereocenters. The minimum atomic E-state index is -0.0735. The Bertz CT molecular complexity index is 347. The van der Waals surface area contributed by atoms with Crippen LogP contribution in [0.15, 0.2) is 30.3 Å². The van der Waals surface area contributed by atoms with Crippen molar-refractivity contribution >= 4 is 0 Å². The molecule has 1 aromatic rings. The number of hydrogen-bond donors (Lipinski definition) is 0. The van der Waals surface area contributed by atoms with E-state index in [9.17, 15) is 0 Å². The van der Waals surface area contributed by atoms with E-state index >= 15 is 0 Å². The van der Waals surface area contributed by atoms with Gasteiger partial charge in [0.1, 0.15) is 0 Å². The molecular formula is C16H25NO2. The van der Waals surface area contributed by atoms with Crippen LogP contribution in [0.5, 0.6) is 0 Å². The van der Waals surface area contributed by atoms with Gasteiger partial charge in [-0.2, -0.15) is 0 Å². The maximum atomic E-state index is 5.88. The molecule has 1 aromatic carbocycles. The molecule has 2 rings (SSSR count). The Morgan fingerprint density at radius 3 is 2.53 bits per heavy atom. The summed E-state index contributed by atoms with van der Waals surface area (Å²) in [5.41, 5.74) is 1.39. The predicted octanol–water partition coefficient (Wildman–Crippen LogP) is 3.05. The Morgan fingerprint density at radius 2 is 1.89 bits per heavy atom. The van der Waals surface area contributed by atoms with Crippen molar-refractivity contribution in [3.63, 3.8) is 0 Å². The molecule has 0 spiro atoms. The zero-order chi connectivity index (χ0) is 13.5. The van der Waals surface area contributed by atoms with Crippen LogP contribution in [0.4, 0.5) is 0 Å². The van der Waals surface area contributed by atoms with Crippen LogP contribution in [0.25, 0.3) is 0 Å². The maximum absolute atomic E-state index is 5.88. The van der Waals surface area contributed by atoms with E-state index in [1.54, 1.807) is 0 Å². The molecule has 3 nitrogen and oxygen atoms in total. The van der Waals surface area contributed by atoms with E-state index in [0.717, 1.165) is 32.5 Å². The molecule has 1 aliphatic rings. The molecule has 0 N–H and O–H groups in total. The van der Waals surface area contributed by atoms with Crippen LogP contribution in [-0.2, 0) is 16.0 Å². The first-order valence-corrected chi connectivity index (χ1v) is 7.31. The molecule has 0 aromatic heterocycles. The van der Waals surface area contributed by atoms with Gasteiger partial charge in [-0.05, 0) is 32.3 Å². The average molecular weight is 263 g/mol. The molecule has 19 heavy (non-hydrogen) atoms. The topological polar surface area (TPSA) is 21.7 Å². The van der Waals surface area contributed by atoms with Crippen LogP contribution in [0.3, 0.4) is 0 Å². The summed E-state index contributed by atoms with van der Waals surface area (Å²) in [5, 5.41) is 0. The molecule has 0 amide bonds. The Hall–Kier alpha value is -0.900. The van der Waals surface area contributed by atoms with E-state index in [1.807, 2.05) is 13.8 Å². The fourth-order valence-electron chi connectivity index (χ4n) is 2.59. The molecule has 0 radical (unpaired) electrons. The van der Waals surface area contributed by atoms with Crippen molar-refractivity contribution in [1.82, 2.24) is 4.90 Å². The second-order valence-electron chi connectivity index (χ2n) is 5.12. The third-order valence-corrected chi connectivity index (χ3v) is 3.57. The Morgan fingerprint density at radius 1 is 1.21 bits per heavy atom. The zero-order valence-corrected chi connectivity index (χ0v) is 12.0. The monoisotopic (exact) mass is 263 g/mol. The van der Waals surface area contributed by atoms with Crippen molar-refractivity contribution in [2.24, 2.45) is 0 Å². The van der Waals surface area contributed by atoms with E-state index < -0.39 is 0 Å². The summed E-state index contributed by atoms with van der Waals surface area (Å²) in [5.74, 6) is 0. The van der Waals surface area contributed by atoms with Crippen molar-refractivity contribution in [3.05, 3.63) is 35.9 Å². The molecule has 0 saturated carbocycles. The number of likely N-dealkylation sites (tertiary alicyclic amines) is 1. The lowest BCUT2D eigenvalue weighted by atomic mass is 10.1. The summed E-state index contributed by atoms with van der Waals surface area (Å²) >= 11 is 0. The lowest BCUT2D eigenvalue weighted by molar-refractivity contribution is -0.166. The highest BCUT2D eigenvalue weighted by Crippen LogP contribution is 2.17. The van der Waals surface area contributed by atoms with Crippen molar-refractivity contribution in [2.75, 3.05) is 19.7 Å². The SMILES string of the molecule is CCOC(C)OC1CCN(Cc2ccccc2)CC1. The number of ether oxygens (including phenoxy) is 2. The van der Waals surface area contributed by atoms with Gasteiger partial charge < -0.3 is 9.47 Å². The van der Waals surface area contributed by atoms with Gasteiger partial charge in [0.05, 0.1) is 6.10 Å². The summed E-state index contributed by atoms with van der Waals surface area (Å²) in [6, 6.07) is 10.7. The molecule has 1 saturated heterocycles. The number of rotatable bonds is 6. The van der Waals surface area contributed by atoms with Gasteiger partial charge in [0.2, 0.25) is 0 Å². The van der Waals surface area contributed by atoms with Crippen LogP contribution < -0.4 is 0 Å². The average Bonchev–Trinajstić information content (AvgIpc) is 2.42. The van der Waals surface area contributed by atoms with Gasteiger partial charge in [-0.15, -0.1) is 0 Å². The number of hydrogen-bond acceptors (Lipinski definition) is 3. The molecule has 3 heteroatoms. The van der Waals surface area contributed by atoms with Crippen molar-refractivity contribution < 1.29 is 9.47 Å². The Balaban J connectivity index is 1.70. The largest absolute Gasteiger partial charge is 0.353 e. The normalized spacial score (nSPS) is 19.5. The first-order chi connectivity index (χ1) is 9.28. The molecule has 106 valence electrons. The summed E-state index contributed by atoms with van der Waals surface area (Å²) in [6.45, 7) is 7.97. The molecule has 1 heterocycles. The van der Waals surface area contributed by atoms with Gasteiger partial charge in [-0.25, -0.2) is 0 Å². The second kappa shape index (κ2) is 7.63. The van der Waals surface area contributed by atoms with Gasteiger partial charge in [0.15, 0.2) is 6.29 Å². The molecule has 0 bridgehead atoms. The van der Waals surface area contributed by atoms with E-state index in [4.69, 9.17) is 9.47 Å². The fourth-order valence-corrected chi connectivity index (χ4v) is 2.59. The smallest absolute Gasteiger partial charge is 0.155 e. The third kappa shape index (κ3) is 4.94. The van der Waals surface area contributed by atoms with Gasteiger partial charge in [-0.3, -0.25) is 4.90 Å². The van der Waals surface area contributed by atoms with Gasteiger partial charge in [-0.1, -0.05) is 30.3 Å². The number of benzene rings is 1. The first kappa shape index (κ1) is 14.5. The van der Waals surface area contributed by atoms with Gasteiger partial charge in [0.25, 0.3) is 0 Å². The van der Waals surface area contributed by atoms with E-state index in [1.165, 1.54) is 5.56 Å². The molecule has 1 fully saturated rings. The van der Waals surface area contributed by atoms with Gasteiger partial charge in [0, 0.05) is 26.2 Å². The van der Waals surface area contributed by atoms with Crippen LogP contribution in [0, 0.1) is 0 Å². The van der Waals surface area contributed by atoms with Crippen molar-refractivity contribution in [3.8, 4) is 0 Å². The van der Waals surface area contributed by atoms with E-state index in [-0.39, 0.29) is 6.29 Å². The van der Waals surface area contributed by atoms with Crippen LogP contribution in [0.1, 0.15) is 32.3 Å². The quantitative estimate of drug-likeness (QED) is 0.736. The highest BCUT2D eigenvalue weighted by atomic mass is 16.7. The molecular weight excluding hydrogens is 238 g/mol. The molecule has 1 aliphatic heterocycles. The lowest BCUT2D eigenvalue weighted by Crippen LogP contribution is -2.38. The predicted molar refractivity (Wildman–Crippen MR) is 76.9 cm³/mol. The third-order valence-electron chi connectivity index (χ3n) is 3.57. The van der Waals surface area contributed by atoms with E-state index in [2.05, 4.69) is 35.2 Å². The minimum Gasteiger partial charge on any atom is -0.353 e. The highest BCUT2D eigenvalue weighted by molar-refractivity contribution is 5.14. The van der Waals surface area contributed by atoms with Crippen LogP contribution >= 0.6 is 0 Å². The van der Waals surface area contributed by atoms with Crippen LogP contribution in [-0.4, -0.2) is 37.0 Å². The summed E-state index contributed by atoms with van der Waals surface area (Å²) < 4.78 is 11.3. The van der Waals surface area contributed by atoms with Gasteiger partial charge >= 0.3 is 0 Å². The lowest BCUT2D eigenvalue weighted by Gasteiger charge is -2.33. The summed E-state index contributed by atoms with van der Waals surface area (Å²) in [7, 11) is 0.